The second-order valence-electron chi connectivity index (χ2n) is 7.61. The fourth-order valence-corrected chi connectivity index (χ4v) is 3.92. The summed E-state index contributed by atoms with van der Waals surface area (Å²) in [6, 6.07) is 11.5. The molecule has 0 aliphatic heterocycles. The Morgan fingerprint density at radius 2 is 1.68 bits per heavy atom. The van der Waals surface area contributed by atoms with Gasteiger partial charge < -0.3 is 9.47 Å². The molecule has 0 bridgehead atoms. The molecule has 2 aromatic carbocycles. The minimum Gasteiger partial charge on any atom is -0.490 e. The highest BCUT2D eigenvalue weighted by Crippen LogP contribution is 2.40. The van der Waals surface area contributed by atoms with Crippen molar-refractivity contribution in [3.63, 3.8) is 0 Å². The molecule has 0 aliphatic carbocycles. The van der Waals surface area contributed by atoms with Crippen LogP contribution in [0, 0.1) is 0 Å². The van der Waals surface area contributed by atoms with Crippen LogP contribution in [0.2, 0.25) is 10.0 Å². The fraction of sp³-hybridized carbons (Fsp3) is 0.435. The molecular weight excluding hydrogens is 477 g/mol. The molecule has 0 aromatic heterocycles. The number of ketones is 1. The lowest BCUT2D eigenvalue weighted by molar-refractivity contribution is -0.120. The molecule has 2 aromatic rings. The number of benzene rings is 2. The zero-order chi connectivity index (χ0) is 23.0. The van der Waals surface area contributed by atoms with E-state index in [1.165, 1.54) is 11.9 Å². The van der Waals surface area contributed by atoms with Crippen molar-refractivity contribution >= 4 is 52.5 Å². The van der Waals surface area contributed by atoms with Gasteiger partial charge in [-0.15, -0.1) is 11.6 Å². The molecule has 0 radical (unpaired) electrons. The number of Topliss-reactive ketones (excluding diaryl/α,β-unsaturated/α-hetero) is 1. The van der Waals surface area contributed by atoms with E-state index in [2.05, 4.69) is 13.8 Å². The van der Waals surface area contributed by atoms with Gasteiger partial charge in [0.1, 0.15) is 12.4 Å². The number of ether oxygens (including phenoxy) is 2. The summed E-state index contributed by atoms with van der Waals surface area (Å²) >= 11 is 20.1. The van der Waals surface area contributed by atoms with E-state index in [1.807, 2.05) is 54.0 Å². The van der Waals surface area contributed by atoms with Gasteiger partial charge in [0, 0.05) is 11.3 Å². The molecule has 0 unspecified atom stereocenters. The first-order valence-electron chi connectivity index (χ1n) is 9.87. The Bertz CT molecular complexity index is 852. The van der Waals surface area contributed by atoms with E-state index in [0.29, 0.717) is 40.6 Å². The molecule has 31 heavy (non-hydrogen) atoms. The lowest BCUT2D eigenvalue weighted by Crippen LogP contribution is -2.24. The number of hydrogen-bond donors (Lipinski definition) is 0. The summed E-state index contributed by atoms with van der Waals surface area (Å²) in [4.78, 5) is 11.9. The van der Waals surface area contributed by atoms with Crippen molar-refractivity contribution in [2.24, 2.45) is 0 Å². The number of likely N-dealkylation sites (N-methyl/N-ethyl adjacent to an activating group) is 1. The van der Waals surface area contributed by atoms with E-state index in [9.17, 15) is 4.79 Å². The van der Waals surface area contributed by atoms with Gasteiger partial charge in [0.25, 0.3) is 0 Å². The maximum atomic E-state index is 11.9. The van der Waals surface area contributed by atoms with Crippen LogP contribution in [-0.2, 0) is 10.2 Å². The largest absolute Gasteiger partial charge is 0.490 e. The number of carbonyl (C=O) groups excluding carboxylic acids is 1. The normalized spacial score (nSPS) is 11.6. The number of nitrogens with zero attached hydrogens (tertiary/aromatic N) is 1. The average molecular weight is 505 g/mol. The van der Waals surface area contributed by atoms with Gasteiger partial charge in [0.15, 0.2) is 11.5 Å². The molecular formula is C23H28Cl3NO3S. The summed E-state index contributed by atoms with van der Waals surface area (Å²) in [5.41, 5.74) is 1.68. The molecule has 0 heterocycles. The lowest BCUT2D eigenvalue weighted by atomic mass is 9.78. The Balaban J connectivity index is 2.10. The van der Waals surface area contributed by atoms with E-state index in [4.69, 9.17) is 44.3 Å². The molecule has 0 aliphatic rings. The van der Waals surface area contributed by atoms with Crippen LogP contribution >= 0.6 is 46.8 Å². The van der Waals surface area contributed by atoms with Crippen molar-refractivity contribution in [3.8, 4) is 11.5 Å². The predicted octanol–water partition coefficient (Wildman–Crippen LogP) is 6.48. The fourth-order valence-electron chi connectivity index (χ4n) is 2.94. The Morgan fingerprint density at radius 1 is 1.06 bits per heavy atom. The summed E-state index contributed by atoms with van der Waals surface area (Å²) < 4.78 is 13.2. The second-order valence-corrected chi connectivity index (χ2v) is 9.79. The number of alkyl halides is 1. The molecule has 4 nitrogen and oxygen atoms in total. The second kappa shape index (κ2) is 12.2. The molecule has 0 saturated heterocycles. The lowest BCUT2D eigenvalue weighted by Gasteiger charge is -2.27. The van der Waals surface area contributed by atoms with Crippen molar-refractivity contribution in [3.05, 3.63) is 57.6 Å². The Kier molecular flexibility index (Phi) is 10.3. The Labute approximate surface area is 204 Å². The highest BCUT2D eigenvalue weighted by atomic mass is 35.5. The van der Waals surface area contributed by atoms with E-state index < -0.39 is 0 Å². The number of carbonyl (C=O) groups is 1. The molecule has 0 amide bonds. The molecule has 0 N–H and O–H groups in total. The van der Waals surface area contributed by atoms with Gasteiger partial charge in [-0.25, -0.2) is 4.31 Å². The van der Waals surface area contributed by atoms with Gasteiger partial charge >= 0.3 is 0 Å². The maximum Gasteiger partial charge on any atom is 0.185 e. The van der Waals surface area contributed by atoms with Gasteiger partial charge in [-0.2, -0.15) is 0 Å². The zero-order valence-corrected chi connectivity index (χ0v) is 21.3. The van der Waals surface area contributed by atoms with E-state index in [0.717, 1.165) is 17.5 Å². The minimum atomic E-state index is -0.350. The molecule has 2 rings (SSSR count). The van der Waals surface area contributed by atoms with E-state index in [-0.39, 0.29) is 17.8 Å². The van der Waals surface area contributed by atoms with Crippen molar-refractivity contribution in [1.82, 2.24) is 4.31 Å². The molecule has 0 fully saturated rings. The number of halogens is 3. The standard InChI is InChI=1S/C23H28Cl3NO3S/c1-23(2,17-12-20(25)22(21(26)13-17)29-11-5-10-24)16-6-8-19(9-7-16)30-15-18(28)14-27(3)31-4/h6-9,12-13H,5,10-11,14-15H2,1-4H3. The van der Waals surface area contributed by atoms with Crippen LogP contribution in [0.3, 0.4) is 0 Å². The smallest absolute Gasteiger partial charge is 0.185 e. The zero-order valence-electron chi connectivity index (χ0n) is 18.2. The monoisotopic (exact) mass is 503 g/mol. The third-order valence-corrected chi connectivity index (χ3v) is 6.51. The summed E-state index contributed by atoms with van der Waals surface area (Å²) in [6.07, 6.45) is 2.65. The summed E-state index contributed by atoms with van der Waals surface area (Å²) in [5, 5.41) is 0.942. The SMILES string of the molecule is CSN(C)CC(=O)COc1ccc(C(C)(C)c2cc(Cl)c(OCCCCl)c(Cl)c2)cc1. The Hall–Kier alpha value is -1.11. The molecule has 0 saturated carbocycles. The van der Waals surface area contributed by atoms with E-state index >= 15 is 0 Å². The maximum absolute atomic E-state index is 11.9. The highest BCUT2D eigenvalue weighted by Gasteiger charge is 2.25. The molecule has 170 valence electrons. The Morgan fingerprint density at radius 3 is 2.23 bits per heavy atom. The first-order valence-corrected chi connectivity index (χ1v) is 12.3. The molecule has 0 spiro atoms. The van der Waals surface area contributed by atoms with Crippen molar-refractivity contribution < 1.29 is 14.3 Å². The predicted molar refractivity (Wildman–Crippen MR) is 133 cm³/mol. The number of hydrogen-bond acceptors (Lipinski definition) is 5. The third-order valence-electron chi connectivity index (χ3n) is 4.93. The van der Waals surface area contributed by atoms with Gasteiger partial charge in [0.2, 0.25) is 0 Å². The average Bonchev–Trinajstić information content (AvgIpc) is 2.74. The van der Waals surface area contributed by atoms with Crippen LogP contribution in [-0.4, -0.2) is 49.0 Å². The topological polar surface area (TPSA) is 38.8 Å². The van der Waals surface area contributed by atoms with E-state index in [1.54, 1.807) is 0 Å². The van der Waals surface area contributed by atoms with Crippen LogP contribution in [0.4, 0.5) is 0 Å². The third kappa shape index (κ3) is 7.47. The highest BCUT2D eigenvalue weighted by molar-refractivity contribution is 7.96. The summed E-state index contributed by atoms with van der Waals surface area (Å²) in [7, 11) is 1.87. The first-order chi connectivity index (χ1) is 14.7. The number of rotatable bonds is 12. The van der Waals surface area contributed by atoms with Crippen LogP contribution in [0.1, 0.15) is 31.4 Å². The first kappa shape index (κ1) is 26.1. The van der Waals surface area contributed by atoms with Gasteiger partial charge in [-0.3, -0.25) is 4.79 Å². The quantitative estimate of drug-likeness (QED) is 0.188. The minimum absolute atomic E-state index is 0.0268. The summed E-state index contributed by atoms with van der Waals surface area (Å²) in [5.74, 6) is 1.68. The van der Waals surface area contributed by atoms with Crippen LogP contribution < -0.4 is 9.47 Å². The van der Waals surface area contributed by atoms with Crippen molar-refractivity contribution in [1.29, 1.82) is 0 Å². The van der Waals surface area contributed by atoms with Crippen molar-refractivity contribution in [2.75, 3.05) is 38.9 Å². The van der Waals surface area contributed by atoms with Crippen LogP contribution in [0.25, 0.3) is 0 Å². The van der Waals surface area contributed by atoms with Crippen LogP contribution in [0.5, 0.6) is 11.5 Å². The van der Waals surface area contributed by atoms with Crippen molar-refractivity contribution in [2.45, 2.75) is 25.7 Å². The van der Waals surface area contributed by atoms with Gasteiger partial charge in [-0.05, 0) is 55.1 Å². The molecule has 0 atom stereocenters. The van der Waals surface area contributed by atoms with Crippen LogP contribution in [0.15, 0.2) is 36.4 Å². The molecule has 8 heteroatoms. The van der Waals surface area contributed by atoms with Gasteiger partial charge in [-0.1, -0.05) is 61.1 Å². The van der Waals surface area contributed by atoms with Gasteiger partial charge in [0.05, 0.1) is 23.2 Å². The summed E-state index contributed by atoms with van der Waals surface area (Å²) in [6.45, 7) is 5.05.